The van der Waals surface area contributed by atoms with Gasteiger partial charge in [0.2, 0.25) is 5.91 Å². The van der Waals surface area contributed by atoms with Crippen LogP contribution in [0, 0.1) is 5.92 Å². The van der Waals surface area contributed by atoms with Crippen molar-refractivity contribution in [1.82, 2.24) is 10.6 Å². The van der Waals surface area contributed by atoms with E-state index in [4.69, 9.17) is 23.2 Å². The van der Waals surface area contributed by atoms with E-state index in [-0.39, 0.29) is 36.2 Å². The average Bonchev–Trinajstić information content (AvgIpc) is 3.20. The number of carbonyl (C=O) groups excluding carboxylic acids is 1. The number of rotatable bonds is 3. The molecule has 0 bridgehead atoms. The minimum absolute atomic E-state index is 0. The molecule has 1 heterocycles. The topological polar surface area (TPSA) is 41.1 Å². The Morgan fingerprint density at radius 2 is 2.14 bits per heavy atom. The van der Waals surface area contributed by atoms with E-state index < -0.39 is 0 Å². The van der Waals surface area contributed by atoms with Crippen LogP contribution >= 0.6 is 35.6 Å². The maximum atomic E-state index is 12.2. The summed E-state index contributed by atoms with van der Waals surface area (Å²) in [6, 6.07) is 5.79. The zero-order chi connectivity index (χ0) is 14.1. The van der Waals surface area contributed by atoms with Crippen molar-refractivity contribution >= 4 is 41.5 Å². The summed E-state index contributed by atoms with van der Waals surface area (Å²) >= 11 is 12.1. The Morgan fingerprint density at radius 1 is 1.33 bits per heavy atom. The highest BCUT2D eigenvalue weighted by Crippen LogP contribution is 2.50. The number of carbonyl (C=O) groups is 1. The van der Waals surface area contributed by atoms with Crippen molar-refractivity contribution in [3.05, 3.63) is 33.8 Å². The van der Waals surface area contributed by atoms with Gasteiger partial charge >= 0.3 is 0 Å². The summed E-state index contributed by atoms with van der Waals surface area (Å²) in [6.45, 7) is 1.93. The van der Waals surface area contributed by atoms with Crippen LogP contribution in [0.4, 0.5) is 0 Å². The molecule has 1 aromatic rings. The van der Waals surface area contributed by atoms with E-state index >= 15 is 0 Å². The van der Waals surface area contributed by atoms with Crippen LogP contribution in [0.15, 0.2) is 18.2 Å². The molecular formula is C15H19Cl3N2O. The third-order valence-corrected chi connectivity index (χ3v) is 4.69. The SMILES string of the molecule is Cl.O=C(N[C@H]1CCCNC1)C1CC1c1ccc(Cl)cc1Cl. The molecule has 1 aromatic carbocycles. The third kappa shape index (κ3) is 4.04. The number of piperidine rings is 1. The molecule has 2 unspecified atom stereocenters. The normalized spacial score (nSPS) is 27.6. The molecule has 2 fully saturated rings. The van der Waals surface area contributed by atoms with Crippen LogP contribution in [0.3, 0.4) is 0 Å². The summed E-state index contributed by atoms with van der Waals surface area (Å²) < 4.78 is 0. The highest BCUT2D eigenvalue weighted by molar-refractivity contribution is 6.35. The lowest BCUT2D eigenvalue weighted by atomic mass is 10.1. The lowest BCUT2D eigenvalue weighted by Crippen LogP contribution is -2.46. The van der Waals surface area contributed by atoms with Gasteiger partial charge in [0.05, 0.1) is 0 Å². The minimum Gasteiger partial charge on any atom is -0.352 e. The minimum atomic E-state index is 0. The maximum absolute atomic E-state index is 12.2. The average molecular weight is 350 g/mol. The predicted molar refractivity (Wildman–Crippen MR) is 88.6 cm³/mol. The number of hydrogen-bond acceptors (Lipinski definition) is 2. The highest BCUT2D eigenvalue weighted by atomic mass is 35.5. The molecule has 2 aliphatic rings. The Balaban J connectivity index is 0.00000161. The van der Waals surface area contributed by atoms with Gasteiger partial charge in [-0.2, -0.15) is 0 Å². The molecular weight excluding hydrogens is 331 g/mol. The zero-order valence-electron chi connectivity index (χ0n) is 11.6. The summed E-state index contributed by atoms with van der Waals surface area (Å²) in [7, 11) is 0. The van der Waals surface area contributed by atoms with Crippen molar-refractivity contribution in [2.75, 3.05) is 13.1 Å². The Kier molecular flexibility index (Phi) is 5.78. The summed E-state index contributed by atoms with van der Waals surface area (Å²) in [6.07, 6.45) is 3.08. The lowest BCUT2D eigenvalue weighted by Gasteiger charge is -2.23. The van der Waals surface area contributed by atoms with Gasteiger partial charge in [0.1, 0.15) is 0 Å². The van der Waals surface area contributed by atoms with Crippen LogP contribution in [0.2, 0.25) is 10.0 Å². The van der Waals surface area contributed by atoms with Crippen LogP contribution in [0.1, 0.15) is 30.7 Å². The van der Waals surface area contributed by atoms with Gasteiger partial charge in [-0.1, -0.05) is 29.3 Å². The van der Waals surface area contributed by atoms with E-state index in [2.05, 4.69) is 10.6 Å². The van der Waals surface area contributed by atoms with Crippen molar-refractivity contribution in [3.63, 3.8) is 0 Å². The van der Waals surface area contributed by atoms with E-state index in [1.54, 1.807) is 6.07 Å². The monoisotopic (exact) mass is 348 g/mol. The Bertz CT molecular complexity index is 518. The fourth-order valence-corrected chi connectivity index (χ4v) is 3.46. The molecule has 1 saturated heterocycles. The second-order valence-electron chi connectivity index (χ2n) is 5.67. The van der Waals surface area contributed by atoms with Gasteiger partial charge in [-0.3, -0.25) is 4.79 Å². The Hall–Kier alpha value is -0.480. The van der Waals surface area contributed by atoms with E-state index in [0.29, 0.717) is 10.0 Å². The van der Waals surface area contributed by atoms with Crippen LogP contribution in [0.25, 0.3) is 0 Å². The molecule has 2 N–H and O–H groups in total. The number of nitrogens with one attached hydrogen (secondary N) is 2. The van der Waals surface area contributed by atoms with Gasteiger partial charge in [-0.15, -0.1) is 12.4 Å². The van der Waals surface area contributed by atoms with Gasteiger partial charge in [0.15, 0.2) is 0 Å². The Labute approximate surface area is 141 Å². The first-order valence-corrected chi connectivity index (χ1v) is 7.87. The Morgan fingerprint density at radius 3 is 2.81 bits per heavy atom. The number of hydrogen-bond donors (Lipinski definition) is 2. The summed E-state index contributed by atoms with van der Waals surface area (Å²) in [5.41, 5.74) is 1.04. The van der Waals surface area contributed by atoms with Gasteiger partial charge < -0.3 is 10.6 Å². The molecule has 116 valence electrons. The standard InChI is InChI=1S/C15H18Cl2N2O.ClH/c16-9-3-4-11(14(17)6-9)12-7-13(12)15(20)19-10-2-1-5-18-8-10;/h3-4,6,10,12-13,18H,1-2,5,7-8H2,(H,19,20);1H/t10-,12?,13?;/m0./s1. The second-order valence-corrected chi connectivity index (χ2v) is 6.51. The van der Waals surface area contributed by atoms with E-state index in [1.165, 1.54) is 0 Å². The molecule has 3 nitrogen and oxygen atoms in total. The van der Waals surface area contributed by atoms with Crippen molar-refractivity contribution < 1.29 is 4.79 Å². The molecule has 1 aliphatic carbocycles. The van der Waals surface area contributed by atoms with Crippen LogP contribution in [-0.4, -0.2) is 25.0 Å². The first kappa shape index (κ1) is 16.9. The third-order valence-electron chi connectivity index (χ3n) is 4.13. The molecule has 21 heavy (non-hydrogen) atoms. The summed E-state index contributed by atoms with van der Waals surface area (Å²) in [5, 5.41) is 7.75. The smallest absolute Gasteiger partial charge is 0.224 e. The highest BCUT2D eigenvalue weighted by Gasteiger charge is 2.45. The molecule has 3 rings (SSSR count). The fourth-order valence-electron chi connectivity index (χ4n) is 2.91. The predicted octanol–water partition coefficient (Wildman–Crippen LogP) is 3.39. The van der Waals surface area contributed by atoms with Crippen molar-refractivity contribution in [2.24, 2.45) is 5.92 Å². The molecule has 3 atom stereocenters. The van der Waals surface area contributed by atoms with Crippen molar-refractivity contribution in [2.45, 2.75) is 31.2 Å². The molecule has 6 heteroatoms. The quantitative estimate of drug-likeness (QED) is 0.878. The lowest BCUT2D eigenvalue weighted by molar-refractivity contribution is -0.123. The first-order chi connectivity index (χ1) is 9.65. The van der Waals surface area contributed by atoms with E-state index in [9.17, 15) is 4.79 Å². The molecule has 1 aliphatic heterocycles. The second kappa shape index (κ2) is 7.19. The van der Waals surface area contributed by atoms with Crippen LogP contribution < -0.4 is 10.6 Å². The fraction of sp³-hybridized carbons (Fsp3) is 0.533. The number of amides is 1. The maximum Gasteiger partial charge on any atom is 0.224 e. The van der Waals surface area contributed by atoms with Crippen molar-refractivity contribution in [3.8, 4) is 0 Å². The van der Waals surface area contributed by atoms with Crippen molar-refractivity contribution in [1.29, 1.82) is 0 Å². The van der Waals surface area contributed by atoms with Gasteiger partial charge in [0.25, 0.3) is 0 Å². The van der Waals surface area contributed by atoms with Gasteiger partial charge in [-0.05, 0) is 49.4 Å². The van der Waals surface area contributed by atoms with Gasteiger partial charge in [0, 0.05) is 28.5 Å². The number of halogens is 3. The molecule has 1 amide bonds. The van der Waals surface area contributed by atoms with Crippen LogP contribution in [0.5, 0.6) is 0 Å². The molecule has 1 saturated carbocycles. The van der Waals surface area contributed by atoms with E-state index in [0.717, 1.165) is 37.9 Å². The first-order valence-electron chi connectivity index (χ1n) is 7.11. The largest absolute Gasteiger partial charge is 0.352 e. The van der Waals surface area contributed by atoms with Gasteiger partial charge in [-0.25, -0.2) is 0 Å². The molecule has 0 aromatic heterocycles. The van der Waals surface area contributed by atoms with Crippen LogP contribution in [-0.2, 0) is 4.79 Å². The van der Waals surface area contributed by atoms with E-state index in [1.807, 2.05) is 12.1 Å². The number of benzene rings is 1. The summed E-state index contributed by atoms with van der Waals surface area (Å²) in [4.78, 5) is 12.2. The molecule has 0 radical (unpaired) electrons. The zero-order valence-corrected chi connectivity index (χ0v) is 13.9. The summed E-state index contributed by atoms with van der Waals surface area (Å²) in [5.74, 6) is 0.474. The molecule has 0 spiro atoms.